The topological polar surface area (TPSA) is 29.9 Å². The molecule has 3 heteroatoms. The largest absolute Gasteiger partial charge is 0.384 e. The minimum Gasteiger partial charge on any atom is -0.384 e. The second-order valence-electron chi connectivity index (χ2n) is 4.39. The Balaban J connectivity index is 1.97. The lowest BCUT2D eigenvalue weighted by Crippen LogP contribution is -2.09. The van der Waals surface area contributed by atoms with Crippen molar-refractivity contribution in [3.05, 3.63) is 47.3 Å². The number of hydrogen-bond donors (Lipinski definition) is 1. The Kier molecular flexibility index (Phi) is 3.47. The van der Waals surface area contributed by atoms with Crippen molar-refractivity contribution in [3.8, 4) is 0 Å². The summed E-state index contributed by atoms with van der Waals surface area (Å²) in [5.41, 5.74) is 5.11. The van der Waals surface area contributed by atoms with Gasteiger partial charge < -0.3 is 5.32 Å². The fourth-order valence-corrected chi connectivity index (χ4v) is 2.06. The van der Waals surface area contributed by atoms with Gasteiger partial charge in [-0.25, -0.2) is 0 Å². The summed E-state index contributed by atoms with van der Waals surface area (Å²) in [7, 11) is 1.98. The molecule has 1 aromatic heterocycles. The van der Waals surface area contributed by atoms with Gasteiger partial charge in [0.25, 0.3) is 0 Å². The number of aromatic nitrogens is 2. The van der Waals surface area contributed by atoms with Crippen molar-refractivity contribution in [3.63, 3.8) is 0 Å². The van der Waals surface area contributed by atoms with E-state index < -0.39 is 0 Å². The number of para-hydroxylation sites is 1. The van der Waals surface area contributed by atoms with E-state index in [1.54, 1.807) is 0 Å². The Morgan fingerprint density at radius 1 is 1.18 bits per heavy atom. The van der Waals surface area contributed by atoms with Crippen molar-refractivity contribution >= 4 is 5.69 Å². The first-order valence-electron chi connectivity index (χ1n) is 5.95. The highest BCUT2D eigenvalue weighted by atomic mass is 15.3. The van der Waals surface area contributed by atoms with E-state index in [2.05, 4.69) is 48.5 Å². The highest BCUT2D eigenvalue weighted by Crippen LogP contribution is 2.19. The fourth-order valence-electron chi connectivity index (χ4n) is 2.06. The fraction of sp³-hybridized carbons (Fsp3) is 0.357. The Bertz CT molecular complexity index is 480. The van der Waals surface area contributed by atoms with Gasteiger partial charge in [-0.3, -0.25) is 4.68 Å². The number of anilines is 1. The zero-order valence-electron chi connectivity index (χ0n) is 10.7. The second kappa shape index (κ2) is 5.04. The Morgan fingerprint density at radius 2 is 1.88 bits per heavy atom. The highest BCUT2D eigenvalue weighted by Gasteiger charge is 2.02. The molecule has 0 unspecified atom stereocenters. The van der Waals surface area contributed by atoms with Crippen molar-refractivity contribution in [2.75, 3.05) is 11.9 Å². The SMILES string of the molecule is Cc1cccc(C)c1NCCc1ccnn1C. The van der Waals surface area contributed by atoms with Crippen molar-refractivity contribution in [2.45, 2.75) is 20.3 Å². The van der Waals surface area contributed by atoms with E-state index in [4.69, 9.17) is 0 Å². The van der Waals surface area contributed by atoms with Gasteiger partial charge >= 0.3 is 0 Å². The van der Waals surface area contributed by atoms with Gasteiger partial charge in [-0.1, -0.05) is 18.2 Å². The van der Waals surface area contributed by atoms with Crippen molar-refractivity contribution in [1.29, 1.82) is 0 Å². The molecule has 2 rings (SSSR count). The maximum Gasteiger partial charge on any atom is 0.0492 e. The van der Waals surface area contributed by atoms with Gasteiger partial charge in [-0.15, -0.1) is 0 Å². The molecule has 90 valence electrons. The molecule has 1 aromatic carbocycles. The predicted octanol–water partition coefficient (Wildman–Crippen LogP) is 2.69. The van der Waals surface area contributed by atoms with Crippen LogP contribution in [0.25, 0.3) is 0 Å². The van der Waals surface area contributed by atoms with E-state index in [1.807, 2.05) is 17.9 Å². The summed E-state index contributed by atoms with van der Waals surface area (Å²) in [6, 6.07) is 8.43. The summed E-state index contributed by atoms with van der Waals surface area (Å²) < 4.78 is 1.92. The highest BCUT2D eigenvalue weighted by molar-refractivity contribution is 5.56. The average Bonchev–Trinajstić information content (AvgIpc) is 2.69. The van der Waals surface area contributed by atoms with Crippen LogP contribution in [0.3, 0.4) is 0 Å². The minimum atomic E-state index is 0.936. The summed E-state index contributed by atoms with van der Waals surface area (Å²) in [6.45, 7) is 5.21. The van der Waals surface area contributed by atoms with Gasteiger partial charge in [0.2, 0.25) is 0 Å². The normalized spacial score (nSPS) is 10.5. The van der Waals surface area contributed by atoms with Crippen molar-refractivity contribution < 1.29 is 0 Å². The number of nitrogens with one attached hydrogen (secondary N) is 1. The Hall–Kier alpha value is -1.77. The first-order chi connectivity index (χ1) is 8.18. The van der Waals surface area contributed by atoms with Gasteiger partial charge in [0, 0.05) is 37.6 Å². The van der Waals surface area contributed by atoms with Crippen LogP contribution in [0.1, 0.15) is 16.8 Å². The molecule has 0 fully saturated rings. The molecule has 3 nitrogen and oxygen atoms in total. The van der Waals surface area contributed by atoms with Gasteiger partial charge in [0.15, 0.2) is 0 Å². The molecular formula is C14H19N3. The molecule has 17 heavy (non-hydrogen) atoms. The maximum atomic E-state index is 4.17. The third-order valence-corrected chi connectivity index (χ3v) is 3.09. The molecule has 2 aromatic rings. The molecule has 0 bridgehead atoms. The molecule has 1 N–H and O–H groups in total. The van der Waals surface area contributed by atoms with E-state index in [0.29, 0.717) is 0 Å². The minimum absolute atomic E-state index is 0.936. The molecule has 0 saturated heterocycles. The van der Waals surface area contributed by atoms with Crippen LogP contribution in [0.5, 0.6) is 0 Å². The van der Waals surface area contributed by atoms with E-state index in [1.165, 1.54) is 22.5 Å². The summed E-state index contributed by atoms with van der Waals surface area (Å²) in [4.78, 5) is 0. The summed E-state index contributed by atoms with van der Waals surface area (Å²) in [5, 5.41) is 7.67. The lowest BCUT2D eigenvalue weighted by molar-refractivity contribution is 0.711. The second-order valence-corrected chi connectivity index (χ2v) is 4.39. The number of aryl methyl sites for hydroxylation is 3. The van der Waals surface area contributed by atoms with E-state index in [0.717, 1.165) is 13.0 Å². The lowest BCUT2D eigenvalue weighted by atomic mass is 10.1. The van der Waals surface area contributed by atoms with Gasteiger partial charge in [-0.05, 0) is 31.0 Å². The van der Waals surface area contributed by atoms with E-state index in [-0.39, 0.29) is 0 Å². The van der Waals surface area contributed by atoms with Gasteiger partial charge in [0.05, 0.1) is 0 Å². The van der Waals surface area contributed by atoms with Crippen LogP contribution < -0.4 is 5.32 Å². The van der Waals surface area contributed by atoms with Gasteiger partial charge in [-0.2, -0.15) is 5.10 Å². The van der Waals surface area contributed by atoms with Crippen LogP contribution >= 0.6 is 0 Å². The molecular weight excluding hydrogens is 210 g/mol. The van der Waals surface area contributed by atoms with Gasteiger partial charge in [0.1, 0.15) is 0 Å². The van der Waals surface area contributed by atoms with Crippen LogP contribution in [-0.4, -0.2) is 16.3 Å². The van der Waals surface area contributed by atoms with Crippen molar-refractivity contribution in [2.24, 2.45) is 7.05 Å². The number of hydrogen-bond acceptors (Lipinski definition) is 2. The standard InChI is InChI=1S/C14H19N3/c1-11-5-4-6-12(2)14(11)15-9-7-13-8-10-16-17(13)3/h4-6,8,10,15H,7,9H2,1-3H3. The molecule has 1 heterocycles. The smallest absolute Gasteiger partial charge is 0.0492 e. The first-order valence-corrected chi connectivity index (χ1v) is 5.95. The molecule has 0 saturated carbocycles. The Morgan fingerprint density at radius 3 is 2.47 bits per heavy atom. The quantitative estimate of drug-likeness (QED) is 0.873. The third kappa shape index (κ3) is 2.67. The molecule has 0 aliphatic heterocycles. The van der Waals surface area contributed by atoms with Crippen LogP contribution in [0, 0.1) is 13.8 Å². The molecule has 0 radical (unpaired) electrons. The molecule has 0 aliphatic carbocycles. The zero-order chi connectivity index (χ0) is 12.3. The average molecular weight is 229 g/mol. The molecule has 0 amide bonds. The summed E-state index contributed by atoms with van der Waals surface area (Å²) in [5.74, 6) is 0. The Labute approximate surface area is 102 Å². The van der Waals surface area contributed by atoms with Crippen LogP contribution in [-0.2, 0) is 13.5 Å². The summed E-state index contributed by atoms with van der Waals surface area (Å²) >= 11 is 0. The predicted molar refractivity (Wildman–Crippen MR) is 71.3 cm³/mol. The van der Waals surface area contributed by atoms with E-state index in [9.17, 15) is 0 Å². The third-order valence-electron chi connectivity index (χ3n) is 3.09. The maximum absolute atomic E-state index is 4.17. The molecule has 0 atom stereocenters. The van der Waals surface area contributed by atoms with Crippen LogP contribution in [0.4, 0.5) is 5.69 Å². The monoisotopic (exact) mass is 229 g/mol. The number of benzene rings is 1. The van der Waals surface area contributed by atoms with Crippen molar-refractivity contribution in [1.82, 2.24) is 9.78 Å². The number of rotatable bonds is 4. The zero-order valence-corrected chi connectivity index (χ0v) is 10.7. The molecule has 0 aliphatic rings. The molecule has 0 spiro atoms. The lowest BCUT2D eigenvalue weighted by Gasteiger charge is -2.12. The van der Waals surface area contributed by atoms with Crippen LogP contribution in [0.2, 0.25) is 0 Å². The van der Waals surface area contributed by atoms with E-state index >= 15 is 0 Å². The number of nitrogens with zero attached hydrogens (tertiary/aromatic N) is 2. The van der Waals surface area contributed by atoms with Crippen LogP contribution in [0.15, 0.2) is 30.5 Å². The summed E-state index contributed by atoms with van der Waals surface area (Å²) in [6.07, 6.45) is 2.83. The first kappa shape index (κ1) is 11.7.